The van der Waals surface area contributed by atoms with Crippen LogP contribution in [0, 0.1) is 10.1 Å². The number of amides is 1. The van der Waals surface area contributed by atoms with Crippen LogP contribution in [0.15, 0.2) is 42.5 Å². The van der Waals surface area contributed by atoms with Gasteiger partial charge in [0.1, 0.15) is 5.75 Å². The summed E-state index contributed by atoms with van der Waals surface area (Å²) in [4.78, 5) is 23.7. The van der Waals surface area contributed by atoms with Crippen molar-refractivity contribution in [2.24, 2.45) is 0 Å². The van der Waals surface area contributed by atoms with Crippen molar-refractivity contribution >= 4 is 17.3 Å². The molecule has 10 heteroatoms. The number of hydrogen-bond donors (Lipinski definition) is 1. The summed E-state index contributed by atoms with van der Waals surface area (Å²) in [6.07, 6.45) is -4.07. The van der Waals surface area contributed by atoms with Crippen molar-refractivity contribution in [3.63, 3.8) is 0 Å². The van der Waals surface area contributed by atoms with E-state index in [0.29, 0.717) is 18.4 Å². The fourth-order valence-corrected chi connectivity index (χ4v) is 3.63. The number of carbonyl (C=O) groups is 1. The highest BCUT2D eigenvalue weighted by atomic mass is 19.4. The zero-order valence-corrected chi connectivity index (χ0v) is 16.7. The molecule has 0 atom stereocenters. The van der Waals surface area contributed by atoms with Crippen molar-refractivity contribution in [3.8, 4) is 5.75 Å². The molecule has 2 aromatic carbocycles. The number of alkyl halides is 3. The molecule has 0 radical (unpaired) electrons. The van der Waals surface area contributed by atoms with Crippen molar-refractivity contribution in [1.82, 2.24) is 0 Å². The van der Waals surface area contributed by atoms with Crippen LogP contribution in [-0.4, -0.2) is 30.7 Å². The van der Waals surface area contributed by atoms with Gasteiger partial charge in [-0.25, -0.2) is 0 Å². The van der Waals surface area contributed by atoms with Crippen LogP contribution in [0.3, 0.4) is 0 Å². The molecule has 0 saturated carbocycles. The van der Waals surface area contributed by atoms with Crippen LogP contribution >= 0.6 is 0 Å². The SMILES string of the molecule is CCOc1ccc(NC(=O)C2(c3ccc([N+](=O)[O-])cc3)CCOCC2)cc1C(F)(F)F. The van der Waals surface area contributed by atoms with Crippen LogP contribution in [0.25, 0.3) is 0 Å². The maximum Gasteiger partial charge on any atom is 0.420 e. The maximum atomic E-state index is 13.4. The summed E-state index contributed by atoms with van der Waals surface area (Å²) < 4.78 is 50.7. The number of anilines is 1. The zero-order valence-electron chi connectivity index (χ0n) is 16.7. The van der Waals surface area contributed by atoms with Gasteiger partial charge in [-0.05, 0) is 43.5 Å². The molecular formula is C21H21F3N2O5. The highest BCUT2D eigenvalue weighted by Gasteiger charge is 2.42. The fraction of sp³-hybridized carbons (Fsp3) is 0.381. The molecule has 166 valence electrons. The molecule has 1 saturated heterocycles. The van der Waals surface area contributed by atoms with Crippen LogP contribution in [0.1, 0.15) is 30.9 Å². The lowest BCUT2D eigenvalue weighted by Crippen LogP contribution is -2.44. The fourth-order valence-electron chi connectivity index (χ4n) is 3.63. The molecule has 0 unspecified atom stereocenters. The standard InChI is InChI=1S/C21H21F3N2O5/c1-2-31-18-8-5-15(13-17(18)21(22,23)24)25-19(27)20(9-11-30-12-10-20)14-3-6-16(7-4-14)26(28)29/h3-8,13H,2,9-12H2,1H3,(H,25,27). The normalized spacial score (nSPS) is 15.9. The smallest absolute Gasteiger partial charge is 0.420 e. The summed E-state index contributed by atoms with van der Waals surface area (Å²) in [5.41, 5.74) is -1.66. The Morgan fingerprint density at radius 1 is 1.19 bits per heavy atom. The van der Waals surface area contributed by atoms with Gasteiger partial charge in [0.25, 0.3) is 5.69 Å². The number of carbonyl (C=O) groups excluding carboxylic acids is 1. The van der Waals surface area contributed by atoms with Gasteiger partial charge in [-0.3, -0.25) is 14.9 Å². The third-order valence-corrected chi connectivity index (χ3v) is 5.25. The van der Waals surface area contributed by atoms with Gasteiger partial charge in [0.15, 0.2) is 0 Å². The van der Waals surface area contributed by atoms with Gasteiger partial charge in [0.05, 0.1) is 22.5 Å². The van der Waals surface area contributed by atoms with E-state index in [1.165, 1.54) is 36.4 Å². The number of nitro benzene ring substituents is 1. The summed E-state index contributed by atoms with van der Waals surface area (Å²) >= 11 is 0. The predicted octanol–water partition coefficient (Wildman–Crippen LogP) is 4.70. The third-order valence-electron chi connectivity index (χ3n) is 5.25. The second-order valence-electron chi connectivity index (χ2n) is 7.09. The zero-order chi connectivity index (χ0) is 22.6. The van der Waals surface area contributed by atoms with Gasteiger partial charge in [-0.2, -0.15) is 13.2 Å². The van der Waals surface area contributed by atoms with Crippen molar-refractivity contribution in [2.75, 3.05) is 25.1 Å². The van der Waals surface area contributed by atoms with Crippen LogP contribution < -0.4 is 10.1 Å². The van der Waals surface area contributed by atoms with Crippen LogP contribution in [-0.2, 0) is 21.1 Å². The minimum absolute atomic E-state index is 0.0199. The molecule has 1 aliphatic rings. The minimum Gasteiger partial charge on any atom is -0.493 e. The van der Waals surface area contributed by atoms with Crippen LogP contribution in [0.2, 0.25) is 0 Å². The van der Waals surface area contributed by atoms with E-state index < -0.39 is 28.0 Å². The molecule has 3 rings (SSSR count). The van der Waals surface area contributed by atoms with Crippen molar-refractivity contribution in [3.05, 3.63) is 63.7 Å². The molecule has 7 nitrogen and oxygen atoms in total. The van der Waals surface area contributed by atoms with E-state index in [1.54, 1.807) is 6.92 Å². The number of nitrogens with one attached hydrogen (secondary N) is 1. The number of rotatable bonds is 6. The van der Waals surface area contributed by atoms with Crippen molar-refractivity contribution in [1.29, 1.82) is 0 Å². The lowest BCUT2D eigenvalue weighted by molar-refractivity contribution is -0.384. The van der Waals surface area contributed by atoms with Gasteiger partial charge in [-0.1, -0.05) is 12.1 Å². The Morgan fingerprint density at radius 2 is 1.84 bits per heavy atom. The largest absolute Gasteiger partial charge is 0.493 e. The van der Waals surface area contributed by atoms with E-state index in [2.05, 4.69) is 5.32 Å². The summed E-state index contributed by atoms with van der Waals surface area (Å²) in [6, 6.07) is 8.97. The molecule has 0 bridgehead atoms. The van der Waals surface area contributed by atoms with Crippen LogP contribution in [0.4, 0.5) is 24.5 Å². The molecular weight excluding hydrogens is 417 g/mol. The van der Waals surface area contributed by atoms with E-state index in [4.69, 9.17) is 9.47 Å². The molecule has 2 aromatic rings. The third kappa shape index (κ3) is 4.79. The first-order valence-electron chi connectivity index (χ1n) is 9.65. The molecule has 0 aliphatic carbocycles. The maximum absolute atomic E-state index is 13.4. The minimum atomic E-state index is -4.65. The lowest BCUT2D eigenvalue weighted by Gasteiger charge is -2.36. The number of nitrogens with zero attached hydrogens (tertiary/aromatic N) is 1. The lowest BCUT2D eigenvalue weighted by atomic mass is 9.73. The highest BCUT2D eigenvalue weighted by molar-refractivity contribution is 5.99. The Hall–Kier alpha value is -3.14. The van der Waals surface area contributed by atoms with Crippen molar-refractivity contribution in [2.45, 2.75) is 31.4 Å². The Labute approximate surface area is 176 Å². The number of hydrogen-bond acceptors (Lipinski definition) is 5. The summed E-state index contributed by atoms with van der Waals surface area (Å²) in [6.45, 7) is 2.20. The number of ether oxygens (including phenoxy) is 2. The Bertz CT molecular complexity index is 954. The predicted molar refractivity (Wildman–Crippen MR) is 106 cm³/mol. The Morgan fingerprint density at radius 3 is 2.39 bits per heavy atom. The molecule has 1 aliphatic heterocycles. The Balaban J connectivity index is 1.94. The van der Waals surface area contributed by atoms with E-state index in [1.807, 2.05) is 0 Å². The van der Waals surface area contributed by atoms with E-state index in [-0.39, 0.29) is 36.9 Å². The first kappa shape index (κ1) is 22.5. The first-order chi connectivity index (χ1) is 14.7. The molecule has 31 heavy (non-hydrogen) atoms. The number of benzene rings is 2. The number of non-ortho nitro benzene ring substituents is 1. The van der Waals surface area contributed by atoms with Crippen molar-refractivity contribution < 1.29 is 32.4 Å². The molecule has 0 aromatic heterocycles. The molecule has 1 heterocycles. The van der Waals surface area contributed by atoms with Gasteiger partial charge >= 0.3 is 6.18 Å². The molecule has 1 fully saturated rings. The van der Waals surface area contributed by atoms with Crippen LogP contribution in [0.5, 0.6) is 5.75 Å². The van der Waals surface area contributed by atoms with Gasteiger partial charge in [0.2, 0.25) is 5.91 Å². The topological polar surface area (TPSA) is 90.7 Å². The Kier molecular flexibility index (Phi) is 6.49. The average Bonchev–Trinajstić information content (AvgIpc) is 2.74. The molecule has 1 amide bonds. The van der Waals surface area contributed by atoms with Gasteiger partial charge in [-0.15, -0.1) is 0 Å². The van der Waals surface area contributed by atoms with E-state index in [0.717, 1.165) is 6.07 Å². The summed E-state index contributed by atoms with van der Waals surface area (Å²) in [5, 5.41) is 13.5. The van der Waals surface area contributed by atoms with E-state index in [9.17, 15) is 28.1 Å². The second kappa shape index (κ2) is 8.93. The van der Waals surface area contributed by atoms with E-state index >= 15 is 0 Å². The number of nitro groups is 1. The summed E-state index contributed by atoms with van der Waals surface area (Å²) in [5.74, 6) is -0.814. The average molecular weight is 438 g/mol. The molecule has 1 N–H and O–H groups in total. The summed E-state index contributed by atoms with van der Waals surface area (Å²) in [7, 11) is 0. The second-order valence-corrected chi connectivity index (χ2v) is 7.09. The number of halogens is 3. The molecule has 0 spiro atoms. The monoisotopic (exact) mass is 438 g/mol. The van der Waals surface area contributed by atoms with Gasteiger partial charge in [0, 0.05) is 31.0 Å². The van der Waals surface area contributed by atoms with Gasteiger partial charge < -0.3 is 14.8 Å². The quantitative estimate of drug-likeness (QED) is 0.522. The highest BCUT2D eigenvalue weighted by Crippen LogP contribution is 2.40. The first-order valence-corrected chi connectivity index (χ1v) is 9.65.